The van der Waals surface area contributed by atoms with E-state index in [0.717, 1.165) is 0 Å². The first-order chi connectivity index (χ1) is 9.97. The molecular weight excluding hydrogens is 298 g/mol. The van der Waals surface area contributed by atoms with Crippen molar-refractivity contribution in [1.82, 2.24) is 5.32 Å². The highest BCUT2D eigenvalue weighted by Crippen LogP contribution is 2.22. The third-order valence-electron chi connectivity index (χ3n) is 3.13. The molecule has 1 aliphatic rings. The van der Waals surface area contributed by atoms with Gasteiger partial charge in [0.2, 0.25) is 0 Å². The van der Waals surface area contributed by atoms with Gasteiger partial charge in [-0.2, -0.15) is 5.26 Å². The van der Waals surface area contributed by atoms with Crippen LogP contribution in [0, 0.1) is 11.3 Å². The van der Waals surface area contributed by atoms with Crippen LogP contribution in [-0.4, -0.2) is 35.9 Å². The van der Waals surface area contributed by atoms with Crippen LogP contribution in [0.1, 0.15) is 12.0 Å². The van der Waals surface area contributed by atoms with Gasteiger partial charge in [-0.1, -0.05) is 11.6 Å². The average molecular weight is 310 g/mol. The molecule has 21 heavy (non-hydrogen) atoms. The molecule has 0 aliphatic carbocycles. The third kappa shape index (κ3) is 3.24. The molecule has 0 spiro atoms. The van der Waals surface area contributed by atoms with Gasteiger partial charge >= 0.3 is 12.0 Å². The molecule has 1 aromatic carbocycles. The van der Waals surface area contributed by atoms with Crippen LogP contribution in [0.2, 0.25) is 5.02 Å². The second kappa shape index (κ2) is 5.99. The Morgan fingerprint density at radius 1 is 1.48 bits per heavy atom. The maximum absolute atomic E-state index is 12.0. The number of amides is 2. The Hall–Kier alpha value is -2.30. The Bertz CT molecular complexity index is 620. The molecule has 1 aliphatic heterocycles. The summed E-state index contributed by atoms with van der Waals surface area (Å²) in [4.78, 5) is 23.3. The lowest BCUT2D eigenvalue weighted by atomic mass is 9.99. The predicted molar refractivity (Wildman–Crippen MR) is 74.1 cm³/mol. The standard InChI is InChI=1S/C13H12ClN3O4/c14-9-2-1-8(6-15)10(5-9)16-12(20)17-13(11(18)19)3-4-21-7-13/h1-2,5H,3-4,7H2,(H,18,19)(H2,16,17,20). The number of rotatable bonds is 3. The van der Waals surface area contributed by atoms with Crippen LogP contribution >= 0.6 is 11.6 Å². The zero-order valence-electron chi connectivity index (χ0n) is 10.9. The highest BCUT2D eigenvalue weighted by atomic mass is 35.5. The number of nitrogens with zero attached hydrogens (tertiary/aromatic N) is 1. The van der Waals surface area contributed by atoms with Crippen molar-refractivity contribution in [2.75, 3.05) is 18.5 Å². The highest BCUT2D eigenvalue weighted by molar-refractivity contribution is 6.31. The number of nitrogens with one attached hydrogen (secondary N) is 2. The number of hydrogen-bond donors (Lipinski definition) is 3. The summed E-state index contributed by atoms with van der Waals surface area (Å²) in [5.41, 5.74) is -1.02. The third-order valence-corrected chi connectivity index (χ3v) is 3.37. The number of carboxylic acid groups (broad SMARTS) is 1. The predicted octanol–water partition coefficient (Wildman–Crippen LogP) is 1.58. The molecule has 0 bridgehead atoms. The fourth-order valence-corrected chi connectivity index (χ4v) is 2.15. The van der Waals surface area contributed by atoms with Crippen molar-refractivity contribution < 1.29 is 19.4 Å². The summed E-state index contributed by atoms with van der Waals surface area (Å²) >= 11 is 5.81. The molecule has 0 aromatic heterocycles. The van der Waals surface area contributed by atoms with Gasteiger partial charge in [-0.25, -0.2) is 9.59 Å². The Morgan fingerprint density at radius 3 is 2.81 bits per heavy atom. The number of carbonyl (C=O) groups is 2. The number of hydrogen-bond acceptors (Lipinski definition) is 4. The lowest BCUT2D eigenvalue weighted by molar-refractivity contribution is -0.144. The largest absolute Gasteiger partial charge is 0.479 e. The minimum absolute atomic E-state index is 0.101. The number of carbonyl (C=O) groups excluding carboxylic acids is 1. The summed E-state index contributed by atoms with van der Waals surface area (Å²) in [5.74, 6) is -1.17. The maximum Gasteiger partial charge on any atom is 0.332 e. The minimum atomic E-state index is -1.45. The topological polar surface area (TPSA) is 111 Å². The van der Waals surface area contributed by atoms with Gasteiger partial charge in [0, 0.05) is 18.1 Å². The van der Waals surface area contributed by atoms with E-state index < -0.39 is 17.5 Å². The van der Waals surface area contributed by atoms with E-state index in [1.165, 1.54) is 18.2 Å². The summed E-state index contributed by atoms with van der Waals surface area (Å²) < 4.78 is 5.04. The Labute approximate surface area is 125 Å². The molecule has 0 radical (unpaired) electrons. The van der Waals surface area contributed by atoms with Crippen molar-refractivity contribution in [3.8, 4) is 6.07 Å². The molecule has 2 amide bonds. The average Bonchev–Trinajstić information content (AvgIpc) is 2.88. The first kappa shape index (κ1) is 15.1. The monoisotopic (exact) mass is 309 g/mol. The second-order valence-electron chi connectivity index (χ2n) is 4.57. The normalized spacial score (nSPS) is 20.6. The number of halogens is 1. The molecule has 1 saturated heterocycles. The van der Waals surface area contributed by atoms with Gasteiger partial charge in [-0.15, -0.1) is 0 Å². The number of anilines is 1. The maximum atomic E-state index is 12.0. The van der Waals surface area contributed by atoms with Crippen molar-refractivity contribution in [3.63, 3.8) is 0 Å². The van der Waals surface area contributed by atoms with Crippen LogP contribution in [0.4, 0.5) is 10.5 Å². The molecule has 2 rings (SSSR count). The van der Waals surface area contributed by atoms with Gasteiger partial charge in [0.15, 0.2) is 5.54 Å². The fraction of sp³-hybridized carbons (Fsp3) is 0.308. The van der Waals surface area contributed by atoms with Gasteiger partial charge in [0.05, 0.1) is 17.9 Å². The lowest BCUT2D eigenvalue weighted by Crippen LogP contribution is -2.56. The fourth-order valence-electron chi connectivity index (χ4n) is 1.97. The molecule has 1 unspecified atom stereocenters. The highest BCUT2D eigenvalue weighted by Gasteiger charge is 2.44. The Morgan fingerprint density at radius 2 is 2.24 bits per heavy atom. The van der Waals surface area contributed by atoms with Gasteiger partial charge < -0.3 is 20.5 Å². The molecule has 1 aromatic rings. The zero-order chi connectivity index (χ0) is 15.5. The number of benzene rings is 1. The van der Waals surface area contributed by atoms with E-state index in [4.69, 9.17) is 21.6 Å². The van der Waals surface area contributed by atoms with E-state index in [2.05, 4.69) is 10.6 Å². The smallest absolute Gasteiger partial charge is 0.332 e. The van der Waals surface area contributed by atoms with E-state index >= 15 is 0 Å². The lowest BCUT2D eigenvalue weighted by Gasteiger charge is -2.23. The number of aliphatic carboxylic acids is 1. The van der Waals surface area contributed by atoms with Crippen molar-refractivity contribution in [3.05, 3.63) is 28.8 Å². The molecule has 3 N–H and O–H groups in total. The van der Waals surface area contributed by atoms with Crippen LogP contribution in [0.5, 0.6) is 0 Å². The van der Waals surface area contributed by atoms with Gasteiger partial charge in [0.1, 0.15) is 6.07 Å². The summed E-state index contributed by atoms with van der Waals surface area (Å²) in [7, 11) is 0. The van der Waals surface area contributed by atoms with E-state index in [1.807, 2.05) is 6.07 Å². The van der Waals surface area contributed by atoms with Gasteiger partial charge in [0.25, 0.3) is 0 Å². The zero-order valence-corrected chi connectivity index (χ0v) is 11.6. The van der Waals surface area contributed by atoms with Crippen LogP contribution in [-0.2, 0) is 9.53 Å². The minimum Gasteiger partial charge on any atom is -0.479 e. The molecular formula is C13H12ClN3O4. The number of nitriles is 1. The first-order valence-electron chi connectivity index (χ1n) is 6.07. The van der Waals surface area contributed by atoms with Crippen molar-refractivity contribution >= 4 is 29.3 Å². The van der Waals surface area contributed by atoms with E-state index in [9.17, 15) is 14.7 Å². The summed E-state index contributed by atoms with van der Waals surface area (Å²) in [6, 6.07) is 5.57. The van der Waals surface area contributed by atoms with E-state index in [1.54, 1.807) is 0 Å². The van der Waals surface area contributed by atoms with Gasteiger partial charge in [-0.05, 0) is 18.2 Å². The summed E-state index contributed by atoms with van der Waals surface area (Å²) in [5, 5.41) is 23.4. The van der Waals surface area contributed by atoms with Crippen LogP contribution in [0.3, 0.4) is 0 Å². The molecule has 110 valence electrons. The number of urea groups is 1. The Kier molecular flexibility index (Phi) is 4.31. The molecule has 8 heteroatoms. The number of carboxylic acids is 1. The van der Waals surface area contributed by atoms with Crippen molar-refractivity contribution in [2.24, 2.45) is 0 Å². The van der Waals surface area contributed by atoms with E-state index in [0.29, 0.717) is 5.02 Å². The van der Waals surface area contributed by atoms with Gasteiger partial charge in [-0.3, -0.25) is 0 Å². The van der Waals surface area contributed by atoms with Crippen molar-refractivity contribution in [1.29, 1.82) is 5.26 Å². The molecule has 7 nitrogen and oxygen atoms in total. The van der Waals surface area contributed by atoms with E-state index in [-0.39, 0.29) is 30.9 Å². The summed E-state index contributed by atoms with van der Waals surface area (Å²) in [6.45, 7) is 0.156. The quantitative estimate of drug-likeness (QED) is 0.785. The van der Waals surface area contributed by atoms with Crippen LogP contribution < -0.4 is 10.6 Å². The Balaban J connectivity index is 2.14. The molecule has 0 saturated carbocycles. The molecule has 1 heterocycles. The van der Waals surface area contributed by atoms with Crippen LogP contribution in [0.25, 0.3) is 0 Å². The number of ether oxygens (including phenoxy) is 1. The van der Waals surface area contributed by atoms with Crippen LogP contribution in [0.15, 0.2) is 18.2 Å². The first-order valence-corrected chi connectivity index (χ1v) is 6.44. The molecule has 1 fully saturated rings. The van der Waals surface area contributed by atoms with Crippen molar-refractivity contribution in [2.45, 2.75) is 12.0 Å². The second-order valence-corrected chi connectivity index (χ2v) is 5.01. The summed E-state index contributed by atoms with van der Waals surface area (Å²) in [6.07, 6.45) is 0.177. The molecule has 1 atom stereocenters. The SMILES string of the molecule is N#Cc1ccc(Cl)cc1NC(=O)NC1(C(=O)O)CCOC1.